The number of methoxy groups -OCH3 is 1. The summed E-state index contributed by atoms with van der Waals surface area (Å²) in [5.41, 5.74) is 0. The molecule has 0 aromatic rings. The quantitative estimate of drug-likeness (QED) is 0.526. The highest BCUT2D eigenvalue weighted by Gasteiger charge is 2.49. The SMILES string of the molecule is COC(=O)[C@@H]1CO[C@H]2OC(=O)C[C@H]21. The van der Waals surface area contributed by atoms with Gasteiger partial charge in [0.05, 0.1) is 26.1 Å². The molecule has 0 aromatic carbocycles. The van der Waals surface area contributed by atoms with E-state index in [0.717, 1.165) is 0 Å². The normalized spacial score (nSPS) is 37.0. The first kappa shape index (κ1) is 8.50. The number of carbonyl (C=O) groups excluding carboxylic acids is 2. The van der Waals surface area contributed by atoms with Crippen molar-refractivity contribution in [3.05, 3.63) is 0 Å². The van der Waals surface area contributed by atoms with Gasteiger partial charge < -0.3 is 14.2 Å². The molecule has 0 amide bonds. The van der Waals surface area contributed by atoms with Crippen LogP contribution in [0.5, 0.6) is 0 Å². The van der Waals surface area contributed by atoms with Gasteiger partial charge in [-0.1, -0.05) is 0 Å². The van der Waals surface area contributed by atoms with Gasteiger partial charge in [0.25, 0.3) is 0 Å². The Morgan fingerprint density at radius 3 is 3.08 bits per heavy atom. The van der Waals surface area contributed by atoms with E-state index in [9.17, 15) is 9.59 Å². The molecule has 0 radical (unpaired) electrons. The van der Waals surface area contributed by atoms with E-state index in [1.165, 1.54) is 7.11 Å². The average Bonchev–Trinajstić information content (AvgIpc) is 2.61. The number of esters is 2. The molecule has 5 nitrogen and oxygen atoms in total. The molecule has 13 heavy (non-hydrogen) atoms. The fraction of sp³-hybridized carbons (Fsp3) is 0.750. The summed E-state index contributed by atoms with van der Waals surface area (Å²) in [7, 11) is 1.33. The molecule has 0 N–H and O–H groups in total. The lowest BCUT2D eigenvalue weighted by Crippen LogP contribution is -2.24. The lowest BCUT2D eigenvalue weighted by atomic mass is 9.93. The smallest absolute Gasteiger partial charge is 0.311 e. The van der Waals surface area contributed by atoms with Gasteiger partial charge in [0.2, 0.25) is 6.29 Å². The van der Waals surface area contributed by atoms with E-state index in [1.807, 2.05) is 0 Å². The fourth-order valence-corrected chi connectivity index (χ4v) is 1.76. The zero-order valence-corrected chi connectivity index (χ0v) is 7.19. The van der Waals surface area contributed by atoms with Gasteiger partial charge in [-0.25, -0.2) is 0 Å². The zero-order chi connectivity index (χ0) is 9.42. The van der Waals surface area contributed by atoms with Crippen LogP contribution in [0.1, 0.15) is 6.42 Å². The van der Waals surface area contributed by atoms with Gasteiger partial charge in [-0.05, 0) is 0 Å². The topological polar surface area (TPSA) is 61.8 Å². The van der Waals surface area contributed by atoms with Gasteiger partial charge in [0, 0.05) is 5.92 Å². The second-order valence-corrected chi connectivity index (χ2v) is 3.19. The molecule has 0 aromatic heterocycles. The van der Waals surface area contributed by atoms with Crippen LogP contribution < -0.4 is 0 Å². The molecule has 2 aliphatic rings. The largest absolute Gasteiger partial charge is 0.469 e. The maximum absolute atomic E-state index is 11.2. The summed E-state index contributed by atoms with van der Waals surface area (Å²) < 4.78 is 14.6. The zero-order valence-electron chi connectivity index (χ0n) is 7.19. The summed E-state index contributed by atoms with van der Waals surface area (Å²) in [6.07, 6.45) is -0.277. The van der Waals surface area contributed by atoms with Crippen molar-refractivity contribution in [1.29, 1.82) is 0 Å². The van der Waals surface area contributed by atoms with Crippen molar-refractivity contribution in [2.45, 2.75) is 12.7 Å². The van der Waals surface area contributed by atoms with Crippen molar-refractivity contribution < 1.29 is 23.8 Å². The standard InChI is InChI=1S/C8H10O5/c1-11-7(10)5-3-12-8-4(5)2-6(9)13-8/h4-5,8H,2-3H2,1H3/t4-,5+,8-/m0/s1. The van der Waals surface area contributed by atoms with Gasteiger partial charge in [-0.3, -0.25) is 9.59 Å². The Labute approximate surface area is 74.9 Å². The molecule has 2 heterocycles. The first-order valence-electron chi connectivity index (χ1n) is 4.11. The van der Waals surface area contributed by atoms with Crippen molar-refractivity contribution in [3.8, 4) is 0 Å². The Hall–Kier alpha value is -1.10. The third kappa shape index (κ3) is 1.29. The predicted octanol–water partition coefficient (Wildman–Crippen LogP) is -0.305. The van der Waals surface area contributed by atoms with Crippen LogP contribution in [0.25, 0.3) is 0 Å². The molecule has 3 atom stereocenters. The molecule has 5 heteroatoms. The summed E-state index contributed by atoms with van der Waals surface area (Å²) in [6.45, 7) is 0.287. The van der Waals surface area contributed by atoms with E-state index in [0.29, 0.717) is 0 Å². The summed E-state index contributed by atoms with van der Waals surface area (Å²) >= 11 is 0. The Kier molecular flexibility index (Phi) is 1.95. The number of hydrogen-bond donors (Lipinski definition) is 0. The van der Waals surface area contributed by atoms with Gasteiger partial charge in [0.1, 0.15) is 0 Å². The van der Waals surface area contributed by atoms with Gasteiger partial charge in [-0.15, -0.1) is 0 Å². The van der Waals surface area contributed by atoms with Gasteiger partial charge >= 0.3 is 11.9 Å². The Morgan fingerprint density at radius 2 is 2.38 bits per heavy atom. The molecule has 2 saturated heterocycles. The molecule has 0 bridgehead atoms. The monoisotopic (exact) mass is 186 g/mol. The molecular weight excluding hydrogens is 176 g/mol. The van der Waals surface area contributed by atoms with Crippen molar-refractivity contribution >= 4 is 11.9 Å². The molecule has 0 spiro atoms. The van der Waals surface area contributed by atoms with Crippen LogP contribution in [0.4, 0.5) is 0 Å². The highest BCUT2D eigenvalue weighted by molar-refractivity contribution is 5.77. The van der Waals surface area contributed by atoms with E-state index in [1.54, 1.807) is 0 Å². The van der Waals surface area contributed by atoms with Crippen LogP contribution >= 0.6 is 0 Å². The molecular formula is C8H10O5. The molecule has 72 valence electrons. The summed E-state index contributed by atoms with van der Waals surface area (Å²) in [6, 6.07) is 0. The molecule has 0 saturated carbocycles. The number of fused-ring (bicyclic) bond motifs is 1. The van der Waals surface area contributed by atoms with E-state index in [2.05, 4.69) is 4.74 Å². The first-order valence-corrected chi connectivity index (χ1v) is 4.11. The fourth-order valence-electron chi connectivity index (χ4n) is 1.76. The van der Waals surface area contributed by atoms with E-state index >= 15 is 0 Å². The molecule has 0 aliphatic carbocycles. The maximum Gasteiger partial charge on any atom is 0.311 e. The number of ether oxygens (including phenoxy) is 3. The Balaban J connectivity index is 2.08. The maximum atomic E-state index is 11.2. The third-order valence-corrected chi connectivity index (χ3v) is 2.46. The molecule has 0 unspecified atom stereocenters. The average molecular weight is 186 g/mol. The van der Waals surface area contributed by atoms with Crippen molar-refractivity contribution in [2.24, 2.45) is 11.8 Å². The summed E-state index contributed by atoms with van der Waals surface area (Å²) in [5, 5.41) is 0. The predicted molar refractivity (Wildman–Crippen MR) is 39.4 cm³/mol. The molecule has 2 aliphatic heterocycles. The van der Waals surface area contributed by atoms with E-state index in [-0.39, 0.29) is 36.8 Å². The van der Waals surface area contributed by atoms with Crippen LogP contribution in [-0.2, 0) is 23.8 Å². The minimum atomic E-state index is -0.531. The van der Waals surface area contributed by atoms with Crippen LogP contribution in [0, 0.1) is 11.8 Å². The third-order valence-electron chi connectivity index (χ3n) is 2.46. The number of carbonyl (C=O) groups is 2. The van der Waals surface area contributed by atoms with Crippen LogP contribution in [0.3, 0.4) is 0 Å². The lowest BCUT2D eigenvalue weighted by Gasteiger charge is -2.09. The summed E-state index contributed by atoms with van der Waals surface area (Å²) in [5.74, 6) is -1.13. The lowest BCUT2D eigenvalue weighted by molar-refractivity contribution is -0.158. The molecule has 2 rings (SSSR count). The Morgan fingerprint density at radius 1 is 1.62 bits per heavy atom. The minimum Gasteiger partial charge on any atom is -0.469 e. The Bertz CT molecular complexity index is 249. The van der Waals surface area contributed by atoms with Gasteiger partial charge in [-0.2, -0.15) is 0 Å². The van der Waals surface area contributed by atoms with Gasteiger partial charge in [0.15, 0.2) is 0 Å². The van der Waals surface area contributed by atoms with E-state index in [4.69, 9.17) is 9.47 Å². The summed E-state index contributed by atoms with van der Waals surface area (Å²) in [4.78, 5) is 22.1. The highest BCUT2D eigenvalue weighted by Crippen LogP contribution is 2.36. The first-order chi connectivity index (χ1) is 6.22. The second-order valence-electron chi connectivity index (χ2n) is 3.19. The molecule has 2 fully saturated rings. The number of rotatable bonds is 1. The number of hydrogen-bond acceptors (Lipinski definition) is 5. The second kappa shape index (κ2) is 2.99. The minimum absolute atomic E-state index is 0.153. The van der Waals surface area contributed by atoms with Crippen LogP contribution in [-0.4, -0.2) is 31.9 Å². The van der Waals surface area contributed by atoms with E-state index < -0.39 is 6.29 Å². The highest BCUT2D eigenvalue weighted by atomic mass is 16.7. The van der Waals surface area contributed by atoms with Crippen LogP contribution in [0.15, 0.2) is 0 Å². The van der Waals surface area contributed by atoms with Crippen LogP contribution in [0.2, 0.25) is 0 Å². The van der Waals surface area contributed by atoms with Crippen molar-refractivity contribution in [2.75, 3.05) is 13.7 Å². The van der Waals surface area contributed by atoms with Crippen molar-refractivity contribution in [1.82, 2.24) is 0 Å². The van der Waals surface area contributed by atoms with Crippen molar-refractivity contribution in [3.63, 3.8) is 0 Å².